The number of pyridine rings is 2. The zero-order valence-corrected chi connectivity index (χ0v) is 35.5. The summed E-state index contributed by atoms with van der Waals surface area (Å²) >= 11 is 0. The van der Waals surface area contributed by atoms with Crippen molar-refractivity contribution in [1.82, 2.24) is 20.6 Å². The van der Waals surface area contributed by atoms with E-state index in [0.717, 1.165) is 80.3 Å². The molecule has 8 nitrogen and oxygen atoms in total. The second-order valence-electron chi connectivity index (χ2n) is 14.5. The van der Waals surface area contributed by atoms with E-state index in [1.807, 2.05) is 24.3 Å². The van der Waals surface area contributed by atoms with Gasteiger partial charge in [0.15, 0.2) is 12.4 Å². The molecule has 0 aliphatic rings. The van der Waals surface area contributed by atoms with Crippen molar-refractivity contribution in [3.05, 3.63) is 107 Å². The molecule has 4 aromatic carbocycles. The highest BCUT2D eigenvalue weighted by atomic mass is 127. The Morgan fingerprint density at radius 1 is 0.519 bits per heavy atom. The highest BCUT2D eigenvalue weighted by Crippen LogP contribution is 2.32. The van der Waals surface area contributed by atoms with E-state index >= 15 is 0 Å². The van der Waals surface area contributed by atoms with Crippen LogP contribution in [0.3, 0.4) is 0 Å². The zero-order chi connectivity index (χ0) is 35.9. The van der Waals surface area contributed by atoms with Gasteiger partial charge in [0.1, 0.15) is 0 Å². The van der Waals surface area contributed by atoms with E-state index in [1.165, 1.54) is 33.0 Å². The first-order chi connectivity index (χ1) is 25.2. The SMILES string of the molecule is Cc1cc2[nH]c3c(c[n+](CC(=O)NCCCCCCNC(=O)C[n+]4cc5c6cc(C)c(C)cc6[nH]c5c5ccccc54)c4ccccc34)c2cc1C.[I-].[I-]. The van der Waals surface area contributed by atoms with Crippen molar-refractivity contribution in [1.29, 1.82) is 0 Å². The predicted molar refractivity (Wildman–Crippen MR) is 210 cm³/mol. The van der Waals surface area contributed by atoms with Gasteiger partial charge in [-0.1, -0.05) is 37.1 Å². The highest BCUT2D eigenvalue weighted by Gasteiger charge is 2.21. The quantitative estimate of drug-likeness (QED) is 0.0902. The van der Waals surface area contributed by atoms with Crippen molar-refractivity contribution in [2.24, 2.45) is 0 Å². The number of carbonyl (C=O) groups excluding carboxylic acids is 2. The first-order valence-corrected chi connectivity index (χ1v) is 18.5. The molecule has 8 rings (SSSR count). The molecule has 0 unspecified atom stereocenters. The fraction of sp³-hybridized carbons (Fsp3) is 0.273. The van der Waals surface area contributed by atoms with Gasteiger partial charge in [-0.25, -0.2) is 0 Å². The minimum Gasteiger partial charge on any atom is -1.00 e. The summed E-state index contributed by atoms with van der Waals surface area (Å²) in [7, 11) is 0. The number of hydrogen-bond donors (Lipinski definition) is 4. The number of aromatic nitrogens is 4. The minimum absolute atomic E-state index is 0. The molecular formula is C44H46I2N6O2. The van der Waals surface area contributed by atoms with Crippen LogP contribution in [0.25, 0.3) is 65.4 Å². The third kappa shape index (κ3) is 7.64. The van der Waals surface area contributed by atoms with Gasteiger partial charge in [0.25, 0.3) is 11.8 Å². The second kappa shape index (κ2) is 16.6. The van der Waals surface area contributed by atoms with Crippen LogP contribution in [0.1, 0.15) is 47.9 Å². The fourth-order valence-corrected chi connectivity index (χ4v) is 7.72. The van der Waals surface area contributed by atoms with Gasteiger partial charge in [-0.2, -0.15) is 9.13 Å². The van der Waals surface area contributed by atoms with Crippen molar-refractivity contribution in [2.45, 2.75) is 66.5 Å². The second-order valence-corrected chi connectivity index (χ2v) is 14.5. The molecule has 0 atom stereocenters. The first-order valence-electron chi connectivity index (χ1n) is 18.5. The summed E-state index contributed by atoms with van der Waals surface area (Å²) < 4.78 is 4.14. The van der Waals surface area contributed by atoms with Crippen LogP contribution in [0.2, 0.25) is 0 Å². The molecule has 4 N–H and O–H groups in total. The van der Waals surface area contributed by atoms with Crippen LogP contribution in [0.15, 0.2) is 85.2 Å². The number of nitrogens with one attached hydrogen (secondary N) is 4. The number of unbranched alkanes of at least 4 members (excludes halogenated alkanes) is 3. The summed E-state index contributed by atoms with van der Waals surface area (Å²) in [5.41, 5.74) is 11.5. The standard InChI is InChI=1S/C44H44N6O2.2HI/c1-27-19-33-35-23-49(39-15-9-7-13-31(39)43(35)47-37(33)21-29(27)3)25-41(51)45-17-11-5-6-12-18-46-42(52)26-50-24-36-34-20-28(2)30(4)22-38(34)48-44(36)32-14-8-10-16-40(32)50;;/h7-10,13-16,19-24H,5-6,11-12,17-18,25-26H2,1-4H3,(H2,45,46,51,52);2*1H. The molecular weight excluding hydrogens is 898 g/mol. The van der Waals surface area contributed by atoms with E-state index in [4.69, 9.17) is 0 Å². The number of carbonyl (C=O) groups is 2. The van der Waals surface area contributed by atoms with E-state index in [0.29, 0.717) is 13.1 Å². The van der Waals surface area contributed by atoms with Gasteiger partial charge in [-0.15, -0.1) is 0 Å². The van der Waals surface area contributed by atoms with E-state index in [2.05, 4.69) is 118 Å². The molecule has 2 amide bonds. The molecule has 4 heterocycles. The first kappa shape index (κ1) is 39.4. The van der Waals surface area contributed by atoms with E-state index in [1.54, 1.807) is 0 Å². The highest BCUT2D eigenvalue weighted by molar-refractivity contribution is 6.16. The average molecular weight is 945 g/mol. The van der Waals surface area contributed by atoms with Crippen molar-refractivity contribution in [2.75, 3.05) is 13.1 Å². The maximum absolute atomic E-state index is 13.1. The van der Waals surface area contributed by atoms with Crippen LogP contribution < -0.4 is 67.7 Å². The number of halogens is 2. The Morgan fingerprint density at radius 3 is 1.33 bits per heavy atom. The summed E-state index contributed by atoms with van der Waals surface area (Å²) in [6, 6.07) is 25.4. The summed E-state index contributed by atoms with van der Waals surface area (Å²) in [4.78, 5) is 33.4. The number of fused-ring (bicyclic) bond motifs is 10. The maximum atomic E-state index is 13.1. The number of hydrogen-bond acceptors (Lipinski definition) is 2. The lowest BCUT2D eigenvalue weighted by Gasteiger charge is -2.07. The number of H-pyrrole nitrogens is 2. The Morgan fingerprint density at radius 2 is 0.907 bits per heavy atom. The molecule has 0 radical (unpaired) electrons. The van der Waals surface area contributed by atoms with Crippen molar-refractivity contribution in [3.8, 4) is 0 Å². The normalized spacial score (nSPS) is 11.4. The molecule has 0 saturated heterocycles. The number of nitrogens with zero attached hydrogens (tertiary/aromatic N) is 2. The number of aryl methyl sites for hydroxylation is 4. The topological polar surface area (TPSA) is 97.5 Å². The van der Waals surface area contributed by atoms with Crippen LogP contribution >= 0.6 is 0 Å². The number of amides is 2. The minimum atomic E-state index is 0. The van der Waals surface area contributed by atoms with Gasteiger partial charge < -0.3 is 68.6 Å². The summed E-state index contributed by atoms with van der Waals surface area (Å²) in [6.07, 6.45) is 8.00. The lowest BCUT2D eigenvalue weighted by molar-refractivity contribution is -0.657. The van der Waals surface area contributed by atoms with Crippen LogP contribution in [-0.2, 0) is 22.7 Å². The molecule has 0 saturated carbocycles. The molecule has 0 aliphatic carbocycles. The van der Waals surface area contributed by atoms with Crippen molar-refractivity contribution < 1.29 is 66.7 Å². The lowest BCUT2D eigenvalue weighted by Crippen LogP contribution is -3.00. The number of aromatic amines is 2. The molecule has 0 spiro atoms. The van der Waals surface area contributed by atoms with Gasteiger partial charge in [-0.05, 0) is 99.2 Å². The number of rotatable bonds is 11. The molecule has 278 valence electrons. The monoisotopic (exact) mass is 944 g/mol. The van der Waals surface area contributed by atoms with Crippen molar-refractivity contribution >= 4 is 77.2 Å². The molecule has 0 fully saturated rings. The van der Waals surface area contributed by atoms with Crippen LogP contribution in [0.4, 0.5) is 0 Å². The van der Waals surface area contributed by atoms with Gasteiger partial charge in [0, 0.05) is 47.0 Å². The Bertz CT molecular complexity index is 2510. The number of para-hydroxylation sites is 2. The third-order valence-corrected chi connectivity index (χ3v) is 10.8. The molecule has 0 aliphatic heterocycles. The zero-order valence-electron chi connectivity index (χ0n) is 31.2. The number of benzene rings is 4. The fourth-order valence-electron chi connectivity index (χ4n) is 7.72. The lowest BCUT2D eigenvalue weighted by atomic mass is 10.1. The van der Waals surface area contributed by atoms with Gasteiger partial charge >= 0.3 is 0 Å². The van der Waals surface area contributed by atoms with Gasteiger partial charge in [0.05, 0.1) is 32.6 Å². The summed E-state index contributed by atoms with van der Waals surface area (Å²) in [6.45, 7) is 10.4. The van der Waals surface area contributed by atoms with Crippen LogP contribution in [-0.4, -0.2) is 34.9 Å². The molecule has 4 aromatic heterocycles. The molecule has 8 aromatic rings. The maximum Gasteiger partial charge on any atom is 0.286 e. The van der Waals surface area contributed by atoms with Crippen LogP contribution in [0.5, 0.6) is 0 Å². The molecule has 54 heavy (non-hydrogen) atoms. The average Bonchev–Trinajstić information content (AvgIpc) is 3.67. The molecule has 10 heteroatoms. The van der Waals surface area contributed by atoms with E-state index in [-0.39, 0.29) is 72.9 Å². The smallest absolute Gasteiger partial charge is 0.286 e. The van der Waals surface area contributed by atoms with Crippen molar-refractivity contribution in [3.63, 3.8) is 0 Å². The largest absolute Gasteiger partial charge is 1.00 e. The van der Waals surface area contributed by atoms with Gasteiger partial charge in [-0.3, -0.25) is 9.59 Å². The van der Waals surface area contributed by atoms with E-state index < -0.39 is 0 Å². The third-order valence-electron chi connectivity index (χ3n) is 10.8. The molecule has 0 bridgehead atoms. The Labute approximate surface area is 349 Å². The summed E-state index contributed by atoms with van der Waals surface area (Å²) in [5.74, 6) is 0.0180. The Balaban J connectivity index is 0.00000249. The Hall–Kier alpha value is -4.30. The summed E-state index contributed by atoms with van der Waals surface area (Å²) in [5, 5.41) is 13.1. The predicted octanol–water partition coefficient (Wildman–Crippen LogP) is 1.57. The van der Waals surface area contributed by atoms with Gasteiger partial charge in [0.2, 0.25) is 24.1 Å². The van der Waals surface area contributed by atoms with Crippen LogP contribution in [0, 0.1) is 27.7 Å². The van der Waals surface area contributed by atoms with E-state index in [9.17, 15) is 9.59 Å². The Kier molecular flexibility index (Phi) is 12.1.